The number of hydrogen-bond donors (Lipinski definition) is 2. The standard InChI is InChI=1S/C17H24N4O4/c1-4-12-5-7-17(8-6-12)15(23)21(16(24)19-17)9-13(22)18-14-10(2)20-25-11(14)3/h12H,4-9H2,1-3H3,(H,18,22)(H,19,24). The van der Waals surface area contributed by atoms with Gasteiger partial charge in [-0.1, -0.05) is 18.5 Å². The van der Waals surface area contributed by atoms with E-state index in [1.165, 1.54) is 0 Å². The average Bonchev–Trinajstić information content (AvgIpc) is 3.01. The van der Waals surface area contributed by atoms with E-state index < -0.39 is 17.5 Å². The number of carbonyl (C=O) groups excluding carboxylic acids is 3. The highest BCUT2D eigenvalue weighted by atomic mass is 16.5. The van der Waals surface area contributed by atoms with Gasteiger partial charge in [0.05, 0.1) is 0 Å². The lowest BCUT2D eigenvalue weighted by Gasteiger charge is -2.34. The molecule has 2 fully saturated rings. The van der Waals surface area contributed by atoms with Gasteiger partial charge in [0.2, 0.25) is 5.91 Å². The Morgan fingerprint density at radius 2 is 2.04 bits per heavy atom. The molecule has 1 aromatic rings. The normalized spacial score (nSPS) is 26.2. The summed E-state index contributed by atoms with van der Waals surface area (Å²) in [5.74, 6) is 0.350. The van der Waals surface area contributed by atoms with E-state index in [9.17, 15) is 14.4 Å². The molecule has 4 amide bonds. The van der Waals surface area contributed by atoms with Gasteiger partial charge in [0.15, 0.2) is 5.76 Å². The van der Waals surface area contributed by atoms with Gasteiger partial charge in [0.1, 0.15) is 23.5 Å². The topological polar surface area (TPSA) is 105 Å². The summed E-state index contributed by atoms with van der Waals surface area (Å²) in [6.45, 7) is 5.22. The van der Waals surface area contributed by atoms with Crippen LogP contribution in [0.1, 0.15) is 50.5 Å². The molecule has 0 atom stereocenters. The first kappa shape index (κ1) is 17.4. The van der Waals surface area contributed by atoms with Gasteiger partial charge in [-0.2, -0.15) is 0 Å². The van der Waals surface area contributed by atoms with Gasteiger partial charge < -0.3 is 15.2 Å². The van der Waals surface area contributed by atoms with E-state index in [0.29, 0.717) is 35.9 Å². The summed E-state index contributed by atoms with van der Waals surface area (Å²) in [4.78, 5) is 38.3. The van der Waals surface area contributed by atoms with Crippen molar-refractivity contribution in [2.45, 2.75) is 58.4 Å². The molecule has 1 aliphatic carbocycles. The van der Waals surface area contributed by atoms with Gasteiger partial charge in [-0.3, -0.25) is 14.5 Å². The number of aromatic nitrogens is 1. The molecular formula is C17H24N4O4. The van der Waals surface area contributed by atoms with Crippen LogP contribution in [0.4, 0.5) is 10.5 Å². The first-order chi connectivity index (χ1) is 11.9. The van der Waals surface area contributed by atoms with E-state index in [-0.39, 0.29) is 12.5 Å². The third-order valence-corrected chi connectivity index (χ3v) is 5.38. The van der Waals surface area contributed by atoms with Crippen LogP contribution in [-0.4, -0.2) is 40.0 Å². The Morgan fingerprint density at radius 3 is 2.60 bits per heavy atom. The summed E-state index contributed by atoms with van der Waals surface area (Å²) >= 11 is 0. The van der Waals surface area contributed by atoms with Crippen LogP contribution < -0.4 is 10.6 Å². The maximum atomic E-state index is 12.8. The van der Waals surface area contributed by atoms with Gasteiger partial charge in [0.25, 0.3) is 5.91 Å². The number of amides is 4. The van der Waals surface area contributed by atoms with E-state index >= 15 is 0 Å². The Bertz CT molecular complexity index is 684. The maximum Gasteiger partial charge on any atom is 0.325 e. The van der Waals surface area contributed by atoms with Crippen LogP contribution in [0, 0.1) is 19.8 Å². The second-order valence-electron chi connectivity index (χ2n) is 7.00. The van der Waals surface area contributed by atoms with E-state index in [2.05, 4.69) is 22.7 Å². The van der Waals surface area contributed by atoms with Gasteiger partial charge in [-0.05, 0) is 45.4 Å². The molecule has 3 rings (SSSR count). The molecule has 1 saturated carbocycles. The van der Waals surface area contributed by atoms with Crippen molar-refractivity contribution in [1.82, 2.24) is 15.4 Å². The fourth-order valence-electron chi connectivity index (χ4n) is 3.72. The molecule has 0 radical (unpaired) electrons. The smallest absolute Gasteiger partial charge is 0.325 e. The fraction of sp³-hybridized carbons (Fsp3) is 0.647. The number of urea groups is 1. The molecule has 1 aliphatic heterocycles. The molecule has 0 bridgehead atoms. The molecule has 0 aromatic carbocycles. The van der Waals surface area contributed by atoms with Gasteiger partial charge in [-0.15, -0.1) is 0 Å². The second-order valence-corrected chi connectivity index (χ2v) is 7.00. The van der Waals surface area contributed by atoms with Crippen LogP contribution in [-0.2, 0) is 9.59 Å². The van der Waals surface area contributed by atoms with Crippen molar-refractivity contribution in [2.75, 3.05) is 11.9 Å². The monoisotopic (exact) mass is 348 g/mol. The van der Waals surface area contributed by atoms with Crippen LogP contribution in [0.2, 0.25) is 0 Å². The van der Waals surface area contributed by atoms with E-state index in [4.69, 9.17) is 4.52 Å². The molecule has 1 saturated heterocycles. The fourth-order valence-corrected chi connectivity index (χ4v) is 3.72. The molecule has 2 N–H and O–H groups in total. The minimum absolute atomic E-state index is 0.291. The van der Waals surface area contributed by atoms with E-state index in [1.54, 1.807) is 13.8 Å². The van der Waals surface area contributed by atoms with Crippen molar-refractivity contribution < 1.29 is 18.9 Å². The summed E-state index contributed by atoms with van der Waals surface area (Å²) in [5.41, 5.74) is 0.208. The minimum atomic E-state index is -0.827. The highest BCUT2D eigenvalue weighted by molar-refractivity contribution is 6.10. The summed E-state index contributed by atoms with van der Waals surface area (Å²) in [6.07, 6.45) is 4.20. The maximum absolute atomic E-state index is 12.8. The predicted molar refractivity (Wildman–Crippen MR) is 89.8 cm³/mol. The van der Waals surface area contributed by atoms with Crippen molar-refractivity contribution in [3.63, 3.8) is 0 Å². The molecule has 1 spiro atoms. The molecular weight excluding hydrogens is 324 g/mol. The van der Waals surface area contributed by atoms with E-state index in [1.807, 2.05) is 0 Å². The third-order valence-electron chi connectivity index (χ3n) is 5.38. The SMILES string of the molecule is CCC1CCC2(CC1)NC(=O)N(CC(=O)Nc1c(C)noc1C)C2=O. The number of imide groups is 1. The van der Waals surface area contributed by atoms with Crippen LogP contribution >= 0.6 is 0 Å². The van der Waals surface area contributed by atoms with Crippen molar-refractivity contribution in [1.29, 1.82) is 0 Å². The minimum Gasteiger partial charge on any atom is -0.359 e. The molecule has 136 valence electrons. The Hall–Kier alpha value is -2.38. The Kier molecular flexibility index (Phi) is 4.53. The highest BCUT2D eigenvalue weighted by Crippen LogP contribution is 2.37. The first-order valence-corrected chi connectivity index (χ1v) is 8.73. The lowest BCUT2D eigenvalue weighted by Crippen LogP contribution is -2.49. The summed E-state index contributed by atoms with van der Waals surface area (Å²) in [6, 6.07) is -0.492. The van der Waals surface area contributed by atoms with Gasteiger partial charge in [0, 0.05) is 0 Å². The first-order valence-electron chi connectivity index (χ1n) is 8.73. The van der Waals surface area contributed by atoms with Crippen LogP contribution in [0.3, 0.4) is 0 Å². The Labute approximate surface area is 146 Å². The van der Waals surface area contributed by atoms with Crippen LogP contribution in [0.15, 0.2) is 4.52 Å². The number of aryl methyl sites for hydroxylation is 2. The second kappa shape index (κ2) is 6.50. The quantitative estimate of drug-likeness (QED) is 0.811. The van der Waals surface area contributed by atoms with Crippen molar-refractivity contribution >= 4 is 23.5 Å². The van der Waals surface area contributed by atoms with Gasteiger partial charge in [-0.25, -0.2) is 4.79 Å². The summed E-state index contributed by atoms with van der Waals surface area (Å²) in [5, 5.41) is 9.26. The molecule has 1 aromatic heterocycles. The lowest BCUT2D eigenvalue weighted by molar-refractivity contribution is -0.135. The largest absolute Gasteiger partial charge is 0.359 e. The molecule has 0 unspecified atom stereocenters. The van der Waals surface area contributed by atoms with Crippen LogP contribution in [0.25, 0.3) is 0 Å². The number of anilines is 1. The zero-order chi connectivity index (χ0) is 18.2. The zero-order valence-corrected chi connectivity index (χ0v) is 14.8. The number of carbonyl (C=O) groups is 3. The summed E-state index contributed by atoms with van der Waals surface area (Å²) < 4.78 is 4.99. The summed E-state index contributed by atoms with van der Waals surface area (Å²) in [7, 11) is 0. The number of hydrogen-bond acceptors (Lipinski definition) is 5. The highest BCUT2D eigenvalue weighted by Gasteiger charge is 2.52. The van der Waals surface area contributed by atoms with Crippen molar-refractivity contribution in [3.8, 4) is 0 Å². The van der Waals surface area contributed by atoms with Gasteiger partial charge >= 0.3 is 6.03 Å². The predicted octanol–water partition coefficient (Wildman–Crippen LogP) is 2.12. The van der Waals surface area contributed by atoms with Crippen molar-refractivity contribution in [2.24, 2.45) is 5.92 Å². The Morgan fingerprint density at radius 1 is 1.36 bits per heavy atom. The van der Waals surface area contributed by atoms with Crippen LogP contribution in [0.5, 0.6) is 0 Å². The molecule has 8 heteroatoms. The van der Waals surface area contributed by atoms with E-state index in [0.717, 1.165) is 24.2 Å². The lowest BCUT2D eigenvalue weighted by atomic mass is 9.75. The number of nitrogens with zero attached hydrogens (tertiary/aromatic N) is 2. The zero-order valence-electron chi connectivity index (χ0n) is 14.8. The molecule has 8 nitrogen and oxygen atoms in total. The molecule has 2 heterocycles. The van der Waals surface area contributed by atoms with Crippen molar-refractivity contribution in [3.05, 3.63) is 11.5 Å². The Balaban J connectivity index is 1.66. The molecule has 25 heavy (non-hydrogen) atoms. The number of nitrogens with one attached hydrogen (secondary N) is 2. The third kappa shape index (κ3) is 3.12. The average molecular weight is 348 g/mol. The molecule has 2 aliphatic rings. The number of rotatable bonds is 4.